The Balaban J connectivity index is 2.31. The molecule has 0 saturated heterocycles. The number of nitrogens with one attached hydrogen (secondary N) is 1. The lowest BCUT2D eigenvalue weighted by molar-refractivity contribution is 0.0698. The Hall–Kier alpha value is -1.71. The van der Waals surface area contributed by atoms with Crippen LogP contribution < -0.4 is 4.72 Å². The number of thiophene rings is 1. The van der Waals surface area contributed by atoms with Gasteiger partial charge < -0.3 is 5.11 Å². The first kappa shape index (κ1) is 15.7. The van der Waals surface area contributed by atoms with Crippen LogP contribution in [0.25, 0.3) is 0 Å². The normalized spacial score (nSPS) is 13.3. The fourth-order valence-corrected chi connectivity index (χ4v) is 4.45. The van der Waals surface area contributed by atoms with Crippen LogP contribution in [0.3, 0.4) is 0 Å². The molecule has 0 amide bonds. The SMILES string of the molecule is Cc1c(C(C)NS(=O)(=O)c2ccsc2C(=O)O)cnn1C. The Morgan fingerprint density at radius 3 is 2.71 bits per heavy atom. The lowest BCUT2D eigenvalue weighted by atomic mass is 10.1. The summed E-state index contributed by atoms with van der Waals surface area (Å²) in [5, 5.41) is 14.5. The molecule has 0 aromatic carbocycles. The summed E-state index contributed by atoms with van der Waals surface area (Å²) in [6, 6.07) is 0.782. The molecule has 2 rings (SSSR count). The molecule has 7 nitrogen and oxygen atoms in total. The van der Waals surface area contributed by atoms with Crippen LogP contribution in [0.15, 0.2) is 22.5 Å². The maximum absolute atomic E-state index is 12.3. The number of carboxylic acid groups (broad SMARTS) is 1. The Labute approximate surface area is 126 Å². The van der Waals surface area contributed by atoms with Crippen LogP contribution in [0.1, 0.15) is 33.9 Å². The van der Waals surface area contributed by atoms with Crippen molar-refractivity contribution in [1.82, 2.24) is 14.5 Å². The second-order valence-corrected chi connectivity index (χ2v) is 7.17. The molecular weight excluding hydrogens is 314 g/mol. The lowest BCUT2D eigenvalue weighted by Crippen LogP contribution is -2.28. The van der Waals surface area contributed by atoms with E-state index in [0.29, 0.717) is 0 Å². The van der Waals surface area contributed by atoms with Gasteiger partial charge in [-0.05, 0) is 25.3 Å². The molecular formula is C12H15N3O4S2. The minimum absolute atomic E-state index is 0.197. The van der Waals surface area contributed by atoms with Gasteiger partial charge in [0.15, 0.2) is 0 Å². The van der Waals surface area contributed by atoms with E-state index in [4.69, 9.17) is 5.11 Å². The summed E-state index contributed by atoms with van der Waals surface area (Å²) in [6.45, 7) is 3.52. The first-order valence-corrected chi connectivity index (χ1v) is 8.42. The number of hydrogen-bond donors (Lipinski definition) is 2. The van der Waals surface area contributed by atoms with E-state index >= 15 is 0 Å². The quantitative estimate of drug-likeness (QED) is 0.866. The number of aromatic carboxylic acids is 1. The highest BCUT2D eigenvalue weighted by Crippen LogP contribution is 2.24. The Morgan fingerprint density at radius 2 is 2.19 bits per heavy atom. The maximum Gasteiger partial charge on any atom is 0.347 e. The molecule has 0 aliphatic heterocycles. The molecule has 0 fully saturated rings. The minimum atomic E-state index is -3.90. The van der Waals surface area contributed by atoms with E-state index in [0.717, 1.165) is 22.6 Å². The summed E-state index contributed by atoms with van der Waals surface area (Å²) in [6.07, 6.45) is 1.59. The van der Waals surface area contributed by atoms with Crippen molar-refractivity contribution in [2.45, 2.75) is 24.8 Å². The van der Waals surface area contributed by atoms with Crippen molar-refractivity contribution in [3.63, 3.8) is 0 Å². The molecule has 9 heteroatoms. The number of hydrogen-bond acceptors (Lipinski definition) is 5. The molecule has 1 atom stereocenters. The van der Waals surface area contributed by atoms with Crippen molar-refractivity contribution >= 4 is 27.3 Å². The smallest absolute Gasteiger partial charge is 0.347 e. The third-order valence-electron chi connectivity index (χ3n) is 3.18. The van der Waals surface area contributed by atoms with Gasteiger partial charge in [0.2, 0.25) is 10.0 Å². The van der Waals surface area contributed by atoms with Crippen LogP contribution in [0.5, 0.6) is 0 Å². The van der Waals surface area contributed by atoms with E-state index < -0.39 is 22.0 Å². The zero-order chi connectivity index (χ0) is 15.8. The van der Waals surface area contributed by atoms with E-state index in [2.05, 4.69) is 9.82 Å². The number of aryl methyl sites for hydroxylation is 1. The fourth-order valence-electron chi connectivity index (χ4n) is 1.97. The van der Waals surface area contributed by atoms with Crippen molar-refractivity contribution in [2.24, 2.45) is 7.05 Å². The zero-order valence-electron chi connectivity index (χ0n) is 11.7. The molecule has 0 radical (unpaired) electrons. The Morgan fingerprint density at radius 1 is 1.52 bits per heavy atom. The van der Waals surface area contributed by atoms with Gasteiger partial charge in [0.1, 0.15) is 9.77 Å². The van der Waals surface area contributed by atoms with Crippen molar-refractivity contribution in [1.29, 1.82) is 0 Å². The van der Waals surface area contributed by atoms with Crippen molar-refractivity contribution in [3.05, 3.63) is 33.8 Å². The van der Waals surface area contributed by atoms with Crippen molar-refractivity contribution < 1.29 is 18.3 Å². The molecule has 2 N–H and O–H groups in total. The van der Waals surface area contributed by atoms with Gasteiger partial charge in [0.25, 0.3) is 0 Å². The summed E-state index contributed by atoms with van der Waals surface area (Å²) in [7, 11) is -2.14. The number of sulfonamides is 1. The molecule has 2 aromatic rings. The van der Waals surface area contributed by atoms with Gasteiger partial charge in [-0.1, -0.05) is 0 Å². The summed E-state index contributed by atoms with van der Waals surface area (Å²) >= 11 is 0.880. The highest BCUT2D eigenvalue weighted by molar-refractivity contribution is 7.89. The molecule has 2 aromatic heterocycles. The summed E-state index contributed by atoms with van der Waals surface area (Å²) < 4.78 is 28.8. The van der Waals surface area contributed by atoms with Crippen molar-refractivity contribution in [2.75, 3.05) is 0 Å². The monoisotopic (exact) mass is 329 g/mol. The van der Waals surface area contributed by atoms with Gasteiger partial charge >= 0.3 is 5.97 Å². The molecule has 1 unspecified atom stereocenters. The largest absolute Gasteiger partial charge is 0.477 e. The maximum atomic E-state index is 12.3. The topological polar surface area (TPSA) is 101 Å². The Bertz CT molecular complexity index is 776. The van der Waals surface area contributed by atoms with Crippen LogP contribution >= 0.6 is 11.3 Å². The van der Waals surface area contributed by atoms with E-state index in [-0.39, 0.29) is 9.77 Å². The van der Waals surface area contributed by atoms with Crippen LogP contribution in [0, 0.1) is 6.92 Å². The molecule has 0 saturated carbocycles. The molecule has 0 bridgehead atoms. The van der Waals surface area contributed by atoms with Gasteiger partial charge in [-0.3, -0.25) is 4.68 Å². The average Bonchev–Trinajstić information content (AvgIpc) is 2.98. The van der Waals surface area contributed by atoms with Gasteiger partial charge in [-0.2, -0.15) is 5.10 Å². The fraction of sp³-hybridized carbons (Fsp3) is 0.333. The van der Waals surface area contributed by atoms with Crippen LogP contribution in [0.4, 0.5) is 0 Å². The van der Waals surface area contributed by atoms with E-state index in [1.807, 2.05) is 6.92 Å². The number of aromatic nitrogens is 2. The van der Waals surface area contributed by atoms with Crippen LogP contribution in [-0.2, 0) is 17.1 Å². The number of rotatable bonds is 5. The van der Waals surface area contributed by atoms with Gasteiger partial charge in [-0.25, -0.2) is 17.9 Å². The first-order valence-electron chi connectivity index (χ1n) is 6.05. The van der Waals surface area contributed by atoms with E-state index in [1.165, 1.54) is 11.4 Å². The highest BCUT2D eigenvalue weighted by Gasteiger charge is 2.26. The van der Waals surface area contributed by atoms with E-state index in [9.17, 15) is 13.2 Å². The minimum Gasteiger partial charge on any atom is -0.477 e. The third kappa shape index (κ3) is 2.99. The standard InChI is InChI=1S/C12H15N3O4S2/c1-7(9-6-13-15(3)8(9)2)14-21(18,19)10-4-5-20-11(10)12(16)17/h4-7,14H,1-3H3,(H,16,17). The average molecular weight is 329 g/mol. The molecule has 0 spiro atoms. The van der Waals surface area contributed by atoms with Gasteiger partial charge in [-0.15, -0.1) is 11.3 Å². The van der Waals surface area contributed by atoms with Crippen molar-refractivity contribution in [3.8, 4) is 0 Å². The van der Waals surface area contributed by atoms with Crippen LogP contribution in [0.2, 0.25) is 0 Å². The Kier molecular flexibility index (Phi) is 4.17. The predicted molar refractivity (Wildman–Crippen MR) is 78.0 cm³/mol. The number of carbonyl (C=O) groups is 1. The zero-order valence-corrected chi connectivity index (χ0v) is 13.3. The summed E-state index contributed by atoms with van der Waals surface area (Å²) in [5.74, 6) is -1.25. The number of carboxylic acids is 1. The molecule has 0 aliphatic carbocycles. The molecule has 2 heterocycles. The lowest BCUT2D eigenvalue weighted by Gasteiger charge is -2.14. The van der Waals surface area contributed by atoms with Crippen LogP contribution in [-0.4, -0.2) is 29.3 Å². The van der Waals surface area contributed by atoms with Gasteiger partial charge in [0, 0.05) is 24.3 Å². The molecule has 0 aliphatic rings. The second kappa shape index (κ2) is 5.58. The highest BCUT2D eigenvalue weighted by atomic mass is 32.2. The third-order valence-corrected chi connectivity index (χ3v) is 5.80. The summed E-state index contributed by atoms with van der Waals surface area (Å²) in [5.41, 5.74) is 1.59. The molecule has 114 valence electrons. The summed E-state index contributed by atoms with van der Waals surface area (Å²) in [4.78, 5) is 10.6. The first-order chi connectivity index (χ1) is 9.74. The second-order valence-electron chi connectivity index (χ2n) is 4.57. The van der Waals surface area contributed by atoms with Gasteiger partial charge in [0.05, 0.1) is 6.20 Å². The number of nitrogens with zero attached hydrogens (tertiary/aromatic N) is 2. The molecule has 21 heavy (non-hydrogen) atoms. The predicted octanol–water partition coefficient (Wildman–Crippen LogP) is 1.53. The van der Waals surface area contributed by atoms with E-state index in [1.54, 1.807) is 24.9 Å².